The van der Waals surface area contributed by atoms with Gasteiger partial charge in [-0.3, -0.25) is 9.59 Å². The van der Waals surface area contributed by atoms with Crippen LogP contribution in [0.3, 0.4) is 0 Å². The number of aliphatic carboxylic acids is 1. The second kappa shape index (κ2) is 14.3. The van der Waals surface area contributed by atoms with E-state index in [9.17, 15) is 9.59 Å². The van der Waals surface area contributed by atoms with Gasteiger partial charge in [0.15, 0.2) is 0 Å². The molecule has 4 nitrogen and oxygen atoms in total. The van der Waals surface area contributed by atoms with E-state index in [0.29, 0.717) is 25.7 Å². The molecule has 24 heavy (non-hydrogen) atoms. The normalized spacial score (nSPS) is 13.7. The molecule has 142 valence electrons. The van der Waals surface area contributed by atoms with Gasteiger partial charge in [-0.05, 0) is 44.4 Å². The summed E-state index contributed by atoms with van der Waals surface area (Å²) in [5, 5.41) is 9.02. The molecule has 1 N–H and O–H groups in total. The van der Waals surface area contributed by atoms with Crippen LogP contribution in [0.25, 0.3) is 0 Å². The number of carbonyl (C=O) groups is 2. The molecule has 0 aromatic carbocycles. The van der Waals surface area contributed by atoms with Crippen LogP contribution in [0.5, 0.6) is 0 Å². The summed E-state index contributed by atoms with van der Waals surface area (Å²) >= 11 is 0. The predicted octanol–water partition coefficient (Wildman–Crippen LogP) is 5.59. The van der Waals surface area contributed by atoms with Gasteiger partial charge in [0.1, 0.15) is 6.10 Å². The van der Waals surface area contributed by atoms with Gasteiger partial charge in [0.2, 0.25) is 0 Å². The van der Waals surface area contributed by atoms with Crippen molar-refractivity contribution in [2.24, 2.45) is 11.8 Å². The number of carboxylic acids is 1. The maximum Gasteiger partial charge on any atom is 0.306 e. The minimum absolute atomic E-state index is 0.0334. The van der Waals surface area contributed by atoms with Gasteiger partial charge < -0.3 is 9.84 Å². The number of esters is 1. The third-order valence-electron chi connectivity index (χ3n) is 4.51. The molecule has 0 aromatic heterocycles. The fourth-order valence-electron chi connectivity index (χ4n) is 2.86. The summed E-state index contributed by atoms with van der Waals surface area (Å²) in [6.07, 6.45) is 9.72. The van der Waals surface area contributed by atoms with Crippen LogP contribution in [-0.2, 0) is 14.3 Å². The Morgan fingerprint density at radius 2 is 1.54 bits per heavy atom. The highest BCUT2D eigenvalue weighted by atomic mass is 16.5. The van der Waals surface area contributed by atoms with Gasteiger partial charge in [-0.15, -0.1) is 0 Å². The van der Waals surface area contributed by atoms with E-state index in [1.165, 1.54) is 12.8 Å². The molecule has 0 saturated carbocycles. The summed E-state index contributed by atoms with van der Waals surface area (Å²) < 4.78 is 5.65. The number of hydrogen-bond donors (Lipinski definition) is 1. The number of hydrogen-bond acceptors (Lipinski definition) is 3. The zero-order valence-electron chi connectivity index (χ0n) is 16.2. The summed E-state index contributed by atoms with van der Waals surface area (Å²) in [6, 6.07) is 0. The smallest absolute Gasteiger partial charge is 0.306 e. The fourth-order valence-corrected chi connectivity index (χ4v) is 2.86. The molecule has 2 unspecified atom stereocenters. The summed E-state index contributed by atoms with van der Waals surface area (Å²) in [5.41, 5.74) is 0. The van der Waals surface area contributed by atoms with E-state index in [2.05, 4.69) is 20.8 Å². The highest BCUT2D eigenvalue weighted by molar-refractivity contribution is 5.71. The van der Waals surface area contributed by atoms with Crippen molar-refractivity contribution in [3.8, 4) is 0 Å². The molecule has 0 aliphatic carbocycles. The molecule has 0 rings (SSSR count). The van der Waals surface area contributed by atoms with E-state index in [1.54, 1.807) is 0 Å². The molecule has 4 heteroatoms. The first-order valence-corrected chi connectivity index (χ1v) is 9.82. The lowest BCUT2D eigenvalue weighted by Gasteiger charge is -2.18. The van der Waals surface area contributed by atoms with E-state index >= 15 is 0 Å². The van der Waals surface area contributed by atoms with E-state index in [-0.39, 0.29) is 18.0 Å². The lowest BCUT2D eigenvalue weighted by Crippen LogP contribution is -2.19. The second-order valence-corrected chi connectivity index (χ2v) is 7.27. The number of rotatable bonds is 15. The SMILES string of the molecule is CCCCC(CCCCC(C)C)OC(=O)CCCC(CC)C(=O)O. The number of unbranched alkanes of at least 4 members (excludes halogenated alkanes) is 2. The molecule has 0 spiro atoms. The Labute approximate surface area is 148 Å². The van der Waals surface area contributed by atoms with Crippen LogP contribution in [0, 0.1) is 11.8 Å². The summed E-state index contributed by atoms with van der Waals surface area (Å²) in [7, 11) is 0. The lowest BCUT2D eigenvalue weighted by molar-refractivity contribution is -0.150. The number of carbonyl (C=O) groups excluding carboxylic acids is 1. The van der Waals surface area contributed by atoms with Crippen LogP contribution >= 0.6 is 0 Å². The third-order valence-corrected chi connectivity index (χ3v) is 4.51. The standard InChI is InChI=1S/C20H38O4/c1-5-7-13-18(14-9-8-11-16(3)4)24-19(21)15-10-12-17(6-2)20(22)23/h16-18H,5-15H2,1-4H3,(H,22,23). The van der Waals surface area contributed by atoms with Crippen molar-refractivity contribution in [1.29, 1.82) is 0 Å². The van der Waals surface area contributed by atoms with E-state index in [1.807, 2.05) is 6.92 Å². The zero-order valence-corrected chi connectivity index (χ0v) is 16.2. The molecular formula is C20H38O4. The minimum Gasteiger partial charge on any atom is -0.481 e. The predicted molar refractivity (Wildman–Crippen MR) is 98.0 cm³/mol. The van der Waals surface area contributed by atoms with Crippen LogP contribution in [0.15, 0.2) is 0 Å². The molecule has 0 heterocycles. The zero-order chi connectivity index (χ0) is 18.4. The molecule has 0 aliphatic heterocycles. The fraction of sp³-hybridized carbons (Fsp3) is 0.900. The first kappa shape index (κ1) is 22.9. The Bertz CT molecular complexity index is 339. The van der Waals surface area contributed by atoms with Gasteiger partial charge in [-0.25, -0.2) is 0 Å². The Balaban J connectivity index is 4.11. The van der Waals surface area contributed by atoms with Crippen molar-refractivity contribution in [3.63, 3.8) is 0 Å². The van der Waals surface area contributed by atoms with E-state index < -0.39 is 5.97 Å². The Morgan fingerprint density at radius 3 is 2.08 bits per heavy atom. The third kappa shape index (κ3) is 12.4. The van der Waals surface area contributed by atoms with Gasteiger partial charge in [-0.1, -0.05) is 53.4 Å². The maximum atomic E-state index is 12.0. The summed E-state index contributed by atoms with van der Waals surface area (Å²) in [6.45, 7) is 8.48. The van der Waals surface area contributed by atoms with Crippen LogP contribution in [0.2, 0.25) is 0 Å². The van der Waals surface area contributed by atoms with Gasteiger partial charge in [-0.2, -0.15) is 0 Å². The molecule has 0 bridgehead atoms. The second-order valence-electron chi connectivity index (χ2n) is 7.27. The first-order valence-electron chi connectivity index (χ1n) is 9.82. The van der Waals surface area contributed by atoms with Gasteiger partial charge in [0, 0.05) is 6.42 Å². The maximum absolute atomic E-state index is 12.0. The summed E-state index contributed by atoms with van der Waals surface area (Å²) in [5.74, 6) is -0.552. The highest BCUT2D eigenvalue weighted by Gasteiger charge is 2.17. The quantitative estimate of drug-likeness (QED) is 0.311. The molecule has 0 radical (unpaired) electrons. The number of carboxylic acid groups (broad SMARTS) is 1. The van der Waals surface area contributed by atoms with E-state index in [4.69, 9.17) is 9.84 Å². The molecule has 0 aromatic rings. The molecule has 0 amide bonds. The minimum atomic E-state index is -0.767. The number of ether oxygens (including phenoxy) is 1. The average Bonchev–Trinajstić information content (AvgIpc) is 2.52. The van der Waals surface area contributed by atoms with Crippen molar-refractivity contribution in [2.75, 3.05) is 0 Å². The topological polar surface area (TPSA) is 63.6 Å². The van der Waals surface area contributed by atoms with Gasteiger partial charge in [0.25, 0.3) is 0 Å². The molecule has 2 atom stereocenters. The van der Waals surface area contributed by atoms with Gasteiger partial charge >= 0.3 is 11.9 Å². The first-order chi connectivity index (χ1) is 11.4. The largest absolute Gasteiger partial charge is 0.481 e. The van der Waals surface area contributed by atoms with E-state index in [0.717, 1.165) is 38.0 Å². The molecule has 0 aliphatic rings. The Hall–Kier alpha value is -1.06. The van der Waals surface area contributed by atoms with Crippen molar-refractivity contribution in [2.45, 2.75) is 104 Å². The monoisotopic (exact) mass is 342 g/mol. The highest BCUT2D eigenvalue weighted by Crippen LogP contribution is 2.18. The Kier molecular flexibility index (Phi) is 13.7. The van der Waals surface area contributed by atoms with Crippen LogP contribution in [0.1, 0.15) is 98.3 Å². The molecule has 0 saturated heterocycles. The van der Waals surface area contributed by atoms with Crippen LogP contribution in [-0.4, -0.2) is 23.1 Å². The Morgan fingerprint density at radius 1 is 0.917 bits per heavy atom. The van der Waals surface area contributed by atoms with Crippen LogP contribution < -0.4 is 0 Å². The molecule has 0 fully saturated rings. The summed E-state index contributed by atoms with van der Waals surface area (Å²) in [4.78, 5) is 23.0. The van der Waals surface area contributed by atoms with Crippen molar-refractivity contribution < 1.29 is 19.4 Å². The lowest BCUT2D eigenvalue weighted by atomic mass is 9.99. The van der Waals surface area contributed by atoms with Crippen molar-refractivity contribution in [1.82, 2.24) is 0 Å². The van der Waals surface area contributed by atoms with Crippen molar-refractivity contribution >= 4 is 11.9 Å². The molecular weight excluding hydrogens is 304 g/mol. The average molecular weight is 343 g/mol. The van der Waals surface area contributed by atoms with Gasteiger partial charge in [0.05, 0.1) is 5.92 Å². The van der Waals surface area contributed by atoms with Crippen LogP contribution in [0.4, 0.5) is 0 Å². The van der Waals surface area contributed by atoms with Crippen molar-refractivity contribution in [3.05, 3.63) is 0 Å².